The van der Waals surface area contributed by atoms with Crippen LogP contribution in [0.5, 0.6) is 0 Å². The molecule has 2 aromatic rings. The lowest BCUT2D eigenvalue weighted by atomic mass is 10.2. The Labute approximate surface area is 137 Å². The zero-order chi connectivity index (χ0) is 16.7. The maximum atomic E-state index is 12.2. The lowest BCUT2D eigenvalue weighted by Crippen LogP contribution is -2.14. The topological polar surface area (TPSA) is 70.2 Å². The molecule has 6 heteroatoms. The molecule has 23 heavy (non-hydrogen) atoms. The van der Waals surface area contributed by atoms with Gasteiger partial charge < -0.3 is 15.5 Å². The number of hydrogen-bond donors (Lipinski definition) is 2. The molecule has 0 bridgehead atoms. The summed E-state index contributed by atoms with van der Waals surface area (Å²) in [6, 6.07) is 7.64. The van der Waals surface area contributed by atoms with Gasteiger partial charge in [0.25, 0.3) is 5.91 Å². The lowest BCUT2D eigenvalue weighted by molar-refractivity contribution is 0.102. The highest BCUT2D eigenvalue weighted by molar-refractivity contribution is 6.03. The molecule has 1 heterocycles. The Bertz CT molecular complexity index is 622. The second-order valence-corrected chi connectivity index (χ2v) is 5.47. The van der Waals surface area contributed by atoms with Crippen LogP contribution in [0.25, 0.3) is 0 Å². The Morgan fingerprint density at radius 1 is 1.13 bits per heavy atom. The van der Waals surface area contributed by atoms with Gasteiger partial charge in [-0.3, -0.25) is 4.79 Å². The number of nitrogens with zero attached hydrogens (tertiary/aromatic N) is 3. The van der Waals surface area contributed by atoms with Gasteiger partial charge in [0.05, 0.1) is 5.56 Å². The minimum absolute atomic E-state index is 0.220. The van der Waals surface area contributed by atoms with E-state index in [1.54, 1.807) is 0 Å². The molecule has 1 amide bonds. The van der Waals surface area contributed by atoms with E-state index in [1.165, 1.54) is 12.4 Å². The minimum Gasteiger partial charge on any atom is -0.378 e. The lowest BCUT2D eigenvalue weighted by Gasteiger charge is -2.13. The van der Waals surface area contributed by atoms with E-state index < -0.39 is 0 Å². The molecule has 2 N–H and O–H groups in total. The molecule has 0 aliphatic heterocycles. The van der Waals surface area contributed by atoms with Gasteiger partial charge in [0, 0.05) is 44.4 Å². The van der Waals surface area contributed by atoms with Gasteiger partial charge in [-0.15, -0.1) is 0 Å². The van der Waals surface area contributed by atoms with E-state index in [0.717, 1.165) is 30.8 Å². The molecule has 0 aliphatic carbocycles. The second kappa shape index (κ2) is 8.12. The summed E-state index contributed by atoms with van der Waals surface area (Å²) in [6.45, 7) is 2.96. The number of carbonyl (C=O) groups is 1. The first-order chi connectivity index (χ1) is 11.1. The quantitative estimate of drug-likeness (QED) is 0.769. The molecule has 2 rings (SSSR count). The van der Waals surface area contributed by atoms with Gasteiger partial charge in [-0.2, -0.15) is 0 Å². The largest absolute Gasteiger partial charge is 0.378 e. The van der Waals surface area contributed by atoms with Crippen LogP contribution in [-0.2, 0) is 0 Å². The van der Waals surface area contributed by atoms with Crippen LogP contribution in [0.15, 0.2) is 36.7 Å². The maximum absolute atomic E-state index is 12.2. The van der Waals surface area contributed by atoms with Crippen molar-refractivity contribution >= 4 is 23.2 Å². The van der Waals surface area contributed by atoms with Crippen LogP contribution in [-0.4, -0.2) is 36.5 Å². The number of aromatic nitrogens is 2. The van der Waals surface area contributed by atoms with E-state index in [1.807, 2.05) is 43.3 Å². The van der Waals surface area contributed by atoms with Crippen molar-refractivity contribution in [2.24, 2.45) is 0 Å². The number of hydrogen-bond acceptors (Lipinski definition) is 5. The zero-order valence-corrected chi connectivity index (χ0v) is 13.8. The third-order valence-electron chi connectivity index (χ3n) is 3.37. The number of unbranched alkanes of at least 4 members (excludes halogenated alkanes) is 1. The monoisotopic (exact) mass is 313 g/mol. The average Bonchev–Trinajstić information content (AvgIpc) is 2.56. The highest BCUT2D eigenvalue weighted by Crippen LogP contribution is 2.16. The number of nitrogens with one attached hydrogen (secondary N) is 2. The number of anilines is 3. The summed E-state index contributed by atoms with van der Waals surface area (Å²) in [7, 11) is 3.95. The van der Waals surface area contributed by atoms with Gasteiger partial charge in [-0.1, -0.05) is 13.3 Å². The highest BCUT2D eigenvalue weighted by Gasteiger charge is 2.08. The summed E-state index contributed by atoms with van der Waals surface area (Å²) < 4.78 is 0. The van der Waals surface area contributed by atoms with Crippen LogP contribution < -0.4 is 15.5 Å². The molecule has 0 saturated heterocycles. The fourth-order valence-electron chi connectivity index (χ4n) is 1.96. The zero-order valence-electron chi connectivity index (χ0n) is 13.8. The van der Waals surface area contributed by atoms with Crippen LogP contribution in [0.2, 0.25) is 0 Å². The maximum Gasteiger partial charge on any atom is 0.258 e. The summed E-state index contributed by atoms with van der Waals surface area (Å²) in [4.78, 5) is 22.5. The van der Waals surface area contributed by atoms with E-state index >= 15 is 0 Å². The number of rotatable bonds is 7. The second-order valence-electron chi connectivity index (χ2n) is 5.47. The van der Waals surface area contributed by atoms with Crippen LogP contribution in [0.1, 0.15) is 30.1 Å². The van der Waals surface area contributed by atoms with E-state index in [4.69, 9.17) is 0 Å². The van der Waals surface area contributed by atoms with Crippen molar-refractivity contribution in [1.82, 2.24) is 9.97 Å². The predicted molar refractivity (Wildman–Crippen MR) is 94.2 cm³/mol. The van der Waals surface area contributed by atoms with Gasteiger partial charge in [0.1, 0.15) is 0 Å². The molecule has 0 atom stereocenters. The van der Waals surface area contributed by atoms with Crippen LogP contribution >= 0.6 is 0 Å². The number of carbonyl (C=O) groups excluding carboxylic acids is 1. The Morgan fingerprint density at radius 2 is 1.78 bits per heavy atom. The first-order valence-electron chi connectivity index (χ1n) is 7.75. The molecule has 0 spiro atoms. The number of benzene rings is 1. The van der Waals surface area contributed by atoms with E-state index in [0.29, 0.717) is 11.5 Å². The molecule has 0 aliphatic rings. The van der Waals surface area contributed by atoms with Gasteiger partial charge in [0.15, 0.2) is 0 Å². The van der Waals surface area contributed by atoms with Crippen molar-refractivity contribution in [2.45, 2.75) is 19.8 Å². The third-order valence-corrected chi connectivity index (χ3v) is 3.37. The van der Waals surface area contributed by atoms with E-state index in [9.17, 15) is 4.79 Å². The third kappa shape index (κ3) is 4.95. The summed E-state index contributed by atoms with van der Waals surface area (Å²) in [5, 5.41) is 5.96. The van der Waals surface area contributed by atoms with Crippen LogP contribution in [0.4, 0.5) is 17.3 Å². The molecule has 0 fully saturated rings. The molecule has 0 radical (unpaired) electrons. The van der Waals surface area contributed by atoms with Crippen molar-refractivity contribution in [3.05, 3.63) is 42.2 Å². The first kappa shape index (κ1) is 16.7. The van der Waals surface area contributed by atoms with Crippen molar-refractivity contribution in [3.63, 3.8) is 0 Å². The molecule has 0 saturated carbocycles. The number of amides is 1. The van der Waals surface area contributed by atoms with Crippen molar-refractivity contribution in [1.29, 1.82) is 0 Å². The predicted octanol–water partition coefficient (Wildman–Crippen LogP) is 3.01. The SMILES string of the molecule is CCCCNc1ncc(C(=O)Nc2ccc(N(C)C)cc2)cn1. The fourth-order valence-corrected chi connectivity index (χ4v) is 1.96. The van der Waals surface area contributed by atoms with Crippen molar-refractivity contribution in [3.8, 4) is 0 Å². The van der Waals surface area contributed by atoms with Gasteiger partial charge in [-0.25, -0.2) is 9.97 Å². The molecule has 1 aromatic carbocycles. The smallest absolute Gasteiger partial charge is 0.258 e. The minimum atomic E-state index is -0.220. The average molecular weight is 313 g/mol. The van der Waals surface area contributed by atoms with Crippen molar-refractivity contribution in [2.75, 3.05) is 36.2 Å². The molecule has 122 valence electrons. The fraction of sp³-hybridized carbons (Fsp3) is 0.353. The highest BCUT2D eigenvalue weighted by atomic mass is 16.1. The van der Waals surface area contributed by atoms with Gasteiger partial charge >= 0.3 is 0 Å². The van der Waals surface area contributed by atoms with E-state index in [2.05, 4.69) is 27.5 Å². The summed E-state index contributed by atoms with van der Waals surface area (Å²) in [5.74, 6) is 0.327. The molecule has 1 aromatic heterocycles. The first-order valence-corrected chi connectivity index (χ1v) is 7.75. The molecular formula is C17H23N5O. The Balaban J connectivity index is 1.94. The normalized spacial score (nSPS) is 10.2. The van der Waals surface area contributed by atoms with Gasteiger partial charge in [-0.05, 0) is 30.7 Å². The Morgan fingerprint density at radius 3 is 2.35 bits per heavy atom. The Hall–Kier alpha value is -2.63. The van der Waals surface area contributed by atoms with Crippen LogP contribution in [0.3, 0.4) is 0 Å². The van der Waals surface area contributed by atoms with Crippen molar-refractivity contribution < 1.29 is 4.79 Å². The van der Waals surface area contributed by atoms with Gasteiger partial charge in [0.2, 0.25) is 5.95 Å². The Kier molecular flexibility index (Phi) is 5.91. The standard InChI is InChI=1S/C17H23N5O/c1-4-5-10-18-17-19-11-13(12-20-17)16(23)21-14-6-8-15(9-7-14)22(2)3/h6-9,11-12H,4-5,10H2,1-3H3,(H,21,23)(H,18,19,20). The van der Waals surface area contributed by atoms with E-state index in [-0.39, 0.29) is 5.91 Å². The summed E-state index contributed by atoms with van der Waals surface area (Å²) in [5.41, 5.74) is 2.25. The molecule has 6 nitrogen and oxygen atoms in total. The summed E-state index contributed by atoms with van der Waals surface area (Å²) >= 11 is 0. The van der Waals surface area contributed by atoms with Crippen LogP contribution in [0, 0.1) is 0 Å². The molecular weight excluding hydrogens is 290 g/mol. The molecule has 0 unspecified atom stereocenters. The summed E-state index contributed by atoms with van der Waals surface area (Å²) in [6.07, 6.45) is 5.24.